The van der Waals surface area contributed by atoms with E-state index in [4.69, 9.17) is 37.9 Å². The SMILES string of the molecule is CCCCOc1cc2ccccc2c(-c2c(OCCCC)c(OCC(=O)O)c(-c3c(OCC(=O)O)c(OCCCC)c(-c4c(OCCCC)c(OCCCC)cc5ccccc45)c4ccccc34)c3ccccc23)c1OCCCC. The molecule has 0 saturated carbocycles. The van der Waals surface area contributed by atoms with Crippen molar-refractivity contribution in [2.24, 2.45) is 0 Å². The molecule has 0 aliphatic rings. The topological polar surface area (TPSA) is 148 Å². The van der Waals surface area contributed by atoms with Crippen LogP contribution in [-0.2, 0) is 9.59 Å². The predicted molar refractivity (Wildman–Crippen MR) is 321 cm³/mol. The number of hydrogen-bond acceptors (Lipinski definition) is 10. The van der Waals surface area contributed by atoms with Crippen molar-refractivity contribution in [3.05, 3.63) is 109 Å². The van der Waals surface area contributed by atoms with Crippen molar-refractivity contribution in [2.75, 3.05) is 52.9 Å². The van der Waals surface area contributed by atoms with Gasteiger partial charge in [0.25, 0.3) is 0 Å². The van der Waals surface area contributed by atoms with Gasteiger partial charge >= 0.3 is 11.9 Å². The summed E-state index contributed by atoms with van der Waals surface area (Å²) in [6.45, 7) is 13.4. The van der Waals surface area contributed by atoms with Gasteiger partial charge in [-0.3, -0.25) is 0 Å². The lowest BCUT2D eigenvalue weighted by molar-refractivity contribution is -0.140. The average Bonchev–Trinajstić information content (AvgIpc) is 3.57. The summed E-state index contributed by atoms with van der Waals surface area (Å²) in [5.41, 5.74) is 3.50. The molecule has 2 N–H and O–H groups in total. The summed E-state index contributed by atoms with van der Waals surface area (Å²) in [5, 5.41) is 27.5. The number of carbonyl (C=O) groups is 2. The Morgan fingerprint density at radius 3 is 0.838 bits per heavy atom. The Hall–Kier alpha value is -7.86. The molecule has 0 aliphatic carbocycles. The van der Waals surface area contributed by atoms with Crippen LogP contribution in [0.1, 0.15) is 119 Å². The normalized spacial score (nSPS) is 11.3. The van der Waals surface area contributed by atoms with Crippen LogP contribution in [0.25, 0.3) is 76.5 Å². The van der Waals surface area contributed by atoms with Crippen LogP contribution in [-0.4, -0.2) is 75.0 Å². The van der Waals surface area contributed by atoms with Crippen LogP contribution in [0, 0.1) is 0 Å². The number of fused-ring (bicyclic) bond motifs is 4. The molecule has 0 unspecified atom stereocenters. The molecule has 80 heavy (non-hydrogen) atoms. The van der Waals surface area contributed by atoms with Crippen LogP contribution in [0.15, 0.2) is 109 Å². The summed E-state index contributed by atoms with van der Waals surface area (Å²) in [6, 6.07) is 36.0. The van der Waals surface area contributed by atoms with Crippen LogP contribution >= 0.6 is 0 Å². The molecular formula is C68H78O12. The van der Waals surface area contributed by atoms with Gasteiger partial charge in [-0.15, -0.1) is 0 Å². The minimum absolute atomic E-state index is 0.121. The van der Waals surface area contributed by atoms with Gasteiger partial charge in [-0.2, -0.15) is 0 Å². The molecule has 12 nitrogen and oxygen atoms in total. The quantitative estimate of drug-likeness (QED) is 0.0377. The molecule has 0 aliphatic heterocycles. The molecule has 0 heterocycles. The van der Waals surface area contributed by atoms with Gasteiger partial charge in [0.2, 0.25) is 0 Å². The van der Waals surface area contributed by atoms with Crippen molar-refractivity contribution in [3.8, 4) is 79.4 Å². The first-order chi connectivity index (χ1) is 39.2. The monoisotopic (exact) mass is 1090 g/mol. The summed E-state index contributed by atoms with van der Waals surface area (Å²) in [4.78, 5) is 26.0. The molecule has 0 atom stereocenters. The maximum Gasteiger partial charge on any atom is 0.341 e. The zero-order valence-electron chi connectivity index (χ0n) is 47.5. The molecule has 8 aromatic carbocycles. The number of rotatable bonds is 33. The third-order valence-electron chi connectivity index (χ3n) is 14.1. The second-order valence-corrected chi connectivity index (χ2v) is 20.1. The number of carboxylic acids is 2. The van der Waals surface area contributed by atoms with E-state index in [1.165, 1.54) is 0 Å². The largest absolute Gasteiger partial charge is 0.490 e. The standard InChI is InChI=1S/C68H78O12/c1-7-13-35-73-53-41-45-27-19-21-29-47(45)57(63(53)75-37-15-9-3)59-49-31-23-25-33-51(49)61(67(79-43-55(69)70)65(59)77-39-17-11-5)62-52-34-26-24-32-50(52)60(66(78-40-18-12-6)68(62)80-44-56(71)72)58-48-30-22-20-28-46(48)42-54(74-36-14-8-2)64(58)76-38-16-10-4/h19-34,41-42H,7-18,35-40,43-44H2,1-6H3,(H,69,70)(H,71,72). The van der Waals surface area contributed by atoms with Crippen molar-refractivity contribution in [2.45, 2.75) is 119 Å². The summed E-state index contributed by atoms with van der Waals surface area (Å²) in [7, 11) is 0. The van der Waals surface area contributed by atoms with E-state index in [0.29, 0.717) is 106 Å². The highest BCUT2D eigenvalue weighted by atomic mass is 16.5. The van der Waals surface area contributed by atoms with E-state index >= 15 is 0 Å². The van der Waals surface area contributed by atoms with Crippen molar-refractivity contribution in [1.82, 2.24) is 0 Å². The fourth-order valence-corrected chi connectivity index (χ4v) is 10.1. The van der Waals surface area contributed by atoms with Gasteiger partial charge in [0.1, 0.15) is 0 Å². The van der Waals surface area contributed by atoms with Crippen molar-refractivity contribution >= 4 is 55.0 Å². The Morgan fingerprint density at radius 1 is 0.312 bits per heavy atom. The Bertz CT molecular complexity index is 3170. The number of ether oxygens (including phenoxy) is 8. The molecule has 8 aromatic rings. The van der Waals surface area contributed by atoms with Gasteiger partial charge in [0.15, 0.2) is 59.2 Å². The molecule has 0 radical (unpaired) electrons. The van der Waals surface area contributed by atoms with Crippen LogP contribution < -0.4 is 37.9 Å². The van der Waals surface area contributed by atoms with E-state index in [1.807, 2.05) is 97.1 Å². The number of aliphatic carboxylic acids is 2. The average molecular weight is 1090 g/mol. The number of unbranched alkanes of at least 4 members (excludes halogenated alkanes) is 6. The van der Waals surface area contributed by atoms with E-state index in [0.717, 1.165) is 96.5 Å². The Morgan fingerprint density at radius 2 is 0.550 bits per heavy atom. The van der Waals surface area contributed by atoms with Crippen LogP contribution in [0.4, 0.5) is 0 Å². The number of hydrogen-bond donors (Lipinski definition) is 2. The van der Waals surface area contributed by atoms with Crippen molar-refractivity contribution in [3.63, 3.8) is 0 Å². The highest BCUT2D eigenvalue weighted by Crippen LogP contribution is 2.61. The first kappa shape index (κ1) is 58.3. The zero-order valence-corrected chi connectivity index (χ0v) is 47.5. The van der Waals surface area contributed by atoms with Crippen LogP contribution in [0.5, 0.6) is 46.0 Å². The molecule has 422 valence electrons. The molecule has 8 rings (SSSR count). The van der Waals surface area contributed by atoms with E-state index in [2.05, 4.69) is 53.7 Å². The molecule has 0 spiro atoms. The van der Waals surface area contributed by atoms with Gasteiger partial charge in [-0.1, -0.05) is 177 Å². The minimum Gasteiger partial charge on any atom is -0.490 e. The summed E-state index contributed by atoms with van der Waals surface area (Å²) >= 11 is 0. The second-order valence-electron chi connectivity index (χ2n) is 20.1. The van der Waals surface area contributed by atoms with Gasteiger partial charge in [0.05, 0.1) is 39.6 Å². The van der Waals surface area contributed by atoms with Crippen molar-refractivity contribution in [1.29, 1.82) is 0 Å². The lowest BCUT2D eigenvalue weighted by Crippen LogP contribution is -2.14. The fraction of sp³-hybridized carbons (Fsp3) is 0.382. The minimum atomic E-state index is -1.21. The highest BCUT2D eigenvalue weighted by molar-refractivity contribution is 6.22. The van der Waals surface area contributed by atoms with E-state index in [-0.39, 0.29) is 36.2 Å². The Labute approximate surface area is 470 Å². The first-order valence-corrected chi connectivity index (χ1v) is 29.0. The fourth-order valence-electron chi connectivity index (χ4n) is 10.1. The number of benzene rings is 8. The Balaban J connectivity index is 1.62. The van der Waals surface area contributed by atoms with E-state index in [1.54, 1.807) is 0 Å². The maximum atomic E-state index is 13.0. The predicted octanol–water partition coefficient (Wildman–Crippen LogP) is 17.3. The van der Waals surface area contributed by atoms with Crippen molar-refractivity contribution < 1.29 is 57.7 Å². The maximum absolute atomic E-state index is 13.0. The third kappa shape index (κ3) is 13.1. The molecule has 12 heteroatoms. The molecular weight excluding hydrogens is 1010 g/mol. The summed E-state index contributed by atoms with van der Waals surface area (Å²) < 4.78 is 55.0. The molecule has 0 amide bonds. The third-order valence-corrected chi connectivity index (χ3v) is 14.1. The van der Waals surface area contributed by atoms with Crippen LogP contribution in [0.3, 0.4) is 0 Å². The smallest absolute Gasteiger partial charge is 0.341 e. The van der Waals surface area contributed by atoms with Gasteiger partial charge in [-0.25, -0.2) is 9.59 Å². The molecule has 0 bridgehead atoms. The number of carboxylic acid groups (broad SMARTS) is 2. The summed E-state index contributed by atoms with van der Waals surface area (Å²) in [6.07, 6.45) is 9.84. The van der Waals surface area contributed by atoms with Gasteiger partial charge < -0.3 is 48.1 Å². The first-order valence-electron chi connectivity index (χ1n) is 29.0. The Kier molecular flexibility index (Phi) is 21.0. The molecule has 0 saturated heterocycles. The summed E-state index contributed by atoms with van der Waals surface area (Å²) in [5.74, 6) is 0.617. The van der Waals surface area contributed by atoms with Crippen LogP contribution in [0.2, 0.25) is 0 Å². The van der Waals surface area contributed by atoms with Gasteiger partial charge in [0, 0.05) is 33.4 Å². The highest BCUT2D eigenvalue weighted by Gasteiger charge is 2.35. The zero-order chi connectivity index (χ0) is 56.4. The lowest BCUT2D eigenvalue weighted by atomic mass is 9.83. The van der Waals surface area contributed by atoms with Gasteiger partial charge in [-0.05, 0) is 93.7 Å². The van der Waals surface area contributed by atoms with E-state index in [9.17, 15) is 19.8 Å². The molecule has 0 fully saturated rings. The van der Waals surface area contributed by atoms with E-state index < -0.39 is 25.2 Å². The second kappa shape index (κ2) is 28.9. The molecule has 0 aromatic heterocycles. The lowest BCUT2D eigenvalue weighted by Gasteiger charge is -2.28.